The van der Waals surface area contributed by atoms with Crippen LogP contribution in [-0.2, 0) is 17.9 Å². The number of benzene rings is 2. The molecule has 3 atom stereocenters. The quantitative estimate of drug-likeness (QED) is 0.751. The van der Waals surface area contributed by atoms with Gasteiger partial charge in [-0.1, -0.05) is 60.7 Å². The minimum Gasteiger partial charge on any atom is -0.334 e. The van der Waals surface area contributed by atoms with Crippen molar-refractivity contribution in [2.75, 3.05) is 13.1 Å². The Balaban J connectivity index is 1.33. The molecule has 2 aliphatic carbocycles. The van der Waals surface area contributed by atoms with Gasteiger partial charge >= 0.3 is 0 Å². The molecular formula is C25H30N2O. The van der Waals surface area contributed by atoms with Crippen molar-refractivity contribution in [3.63, 3.8) is 0 Å². The van der Waals surface area contributed by atoms with Crippen LogP contribution in [-0.4, -0.2) is 34.8 Å². The van der Waals surface area contributed by atoms with Crippen molar-refractivity contribution < 1.29 is 4.79 Å². The highest BCUT2D eigenvalue weighted by atomic mass is 16.2. The fourth-order valence-corrected chi connectivity index (χ4v) is 5.45. The molecule has 1 saturated heterocycles. The van der Waals surface area contributed by atoms with E-state index in [0.717, 1.165) is 39.0 Å². The topological polar surface area (TPSA) is 23.6 Å². The third-order valence-electron chi connectivity index (χ3n) is 6.87. The summed E-state index contributed by atoms with van der Waals surface area (Å²) >= 11 is 0. The third kappa shape index (κ3) is 3.73. The number of fused-ring (bicyclic) bond motifs is 2. The van der Waals surface area contributed by atoms with Gasteiger partial charge in [-0.2, -0.15) is 0 Å². The summed E-state index contributed by atoms with van der Waals surface area (Å²) < 4.78 is 0. The van der Waals surface area contributed by atoms with E-state index in [9.17, 15) is 4.79 Å². The van der Waals surface area contributed by atoms with Crippen molar-refractivity contribution in [3.8, 4) is 0 Å². The largest absolute Gasteiger partial charge is 0.334 e. The number of hydrogen-bond acceptors (Lipinski definition) is 2. The summed E-state index contributed by atoms with van der Waals surface area (Å²) in [5.41, 5.74) is 2.66. The first-order valence-electron chi connectivity index (χ1n) is 10.9. The monoisotopic (exact) mass is 374 g/mol. The average Bonchev–Trinajstić information content (AvgIpc) is 3.53. The molecule has 0 unspecified atom stereocenters. The van der Waals surface area contributed by atoms with E-state index < -0.39 is 0 Å². The molecule has 0 aromatic heterocycles. The molecule has 2 aromatic carbocycles. The van der Waals surface area contributed by atoms with Crippen LogP contribution in [0.5, 0.6) is 0 Å². The lowest BCUT2D eigenvalue weighted by molar-refractivity contribution is -0.139. The Kier molecular flexibility index (Phi) is 4.94. The number of nitrogens with zero attached hydrogens (tertiary/aromatic N) is 2. The van der Waals surface area contributed by atoms with Crippen LogP contribution >= 0.6 is 0 Å². The first-order valence-corrected chi connectivity index (χ1v) is 10.9. The van der Waals surface area contributed by atoms with Crippen molar-refractivity contribution in [1.82, 2.24) is 9.80 Å². The predicted octanol–water partition coefficient (Wildman–Crippen LogP) is 4.34. The minimum absolute atomic E-state index is 0.297. The Morgan fingerprint density at radius 1 is 0.821 bits per heavy atom. The Morgan fingerprint density at radius 2 is 1.39 bits per heavy atom. The summed E-state index contributed by atoms with van der Waals surface area (Å²) in [6, 6.07) is 21.8. The second-order valence-electron chi connectivity index (χ2n) is 8.99. The van der Waals surface area contributed by atoms with Crippen molar-refractivity contribution in [2.45, 2.75) is 44.8 Å². The number of carbonyl (C=O) groups is 1. The maximum absolute atomic E-state index is 13.2. The maximum atomic E-state index is 13.2. The summed E-state index contributed by atoms with van der Waals surface area (Å²) in [6.07, 6.45) is 4.71. The molecule has 146 valence electrons. The molecule has 28 heavy (non-hydrogen) atoms. The normalized spacial score (nSPS) is 26.9. The van der Waals surface area contributed by atoms with Crippen LogP contribution in [0.15, 0.2) is 60.7 Å². The average molecular weight is 375 g/mol. The molecule has 1 heterocycles. The lowest BCUT2D eigenvalue weighted by Crippen LogP contribution is -2.54. The van der Waals surface area contributed by atoms with Gasteiger partial charge in [-0.25, -0.2) is 0 Å². The van der Waals surface area contributed by atoms with Gasteiger partial charge in [-0.15, -0.1) is 0 Å². The lowest BCUT2D eigenvalue weighted by Gasteiger charge is -2.44. The van der Waals surface area contributed by atoms with E-state index in [4.69, 9.17) is 0 Å². The van der Waals surface area contributed by atoms with E-state index in [0.29, 0.717) is 29.7 Å². The molecule has 0 radical (unpaired) electrons. The van der Waals surface area contributed by atoms with E-state index in [2.05, 4.69) is 70.5 Å². The van der Waals surface area contributed by atoms with Gasteiger partial charge < -0.3 is 4.90 Å². The first kappa shape index (κ1) is 17.9. The lowest BCUT2D eigenvalue weighted by atomic mass is 9.89. The van der Waals surface area contributed by atoms with Crippen molar-refractivity contribution in [1.29, 1.82) is 0 Å². The molecular weight excluding hydrogens is 344 g/mol. The molecule has 0 spiro atoms. The van der Waals surface area contributed by atoms with Gasteiger partial charge in [-0.05, 0) is 48.6 Å². The minimum atomic E-state index is 0.297. The van der Waals surface area contributed by atoms with Crippen molar-refractivity contribution in [2.24, 2.45) is 17.8 Å². The Hall–Kier alpha value is -2.13. The number of piperidine rings is 1. The molecule has 3 nitrogen and oxygen atoms in total. The van der Waals surface area contributed by atoms with Crippen LogP contribution in [0.2, 0.25) is 0 Å². The molecule has 2 bridgehead atoms. The highest BCUT2D eigenvalue weighted by Gasteiger charge is 2.48. The molecule has 5 rings (SSSR count). The molecule has 2 saturated carbocycles. The van der Waals surface area contributed by atoms with E-state index in [1.807, 2.05) is 0 Å². The maximum Gasteiger partial charge on any atom is 0.226 e. The van der Waals surface area contributed by atoms with E-state index in [1.54, 1.807) is 0 Å². The van der Waals surface area contributed by atoms with Gasteiger partial charge in [-0.3, -0.25) is 9.69 Å². The van der Waals surface area contributed by atoms with Crippen LogP contribution in [0.25, 0.3) is 0 Å². The zero-order chi connectivity index (χ0) is 18.9. The predicted molar refractivity (Wildman–Crippen MR) is 111 cm³/mol. The highest BCUT2D eigenvalue weighted by Crippen LogP contribution is 2.43. The van der Waals surface area contributed by atoms with E-state index >= 15 is 0 Å². The Bertz CT molecular complexity index is 788. The van der Waals surface area contributed by atoms with Gasteiger partial charge in [0.25, 0.3) is 0 Å². The number of amides is 1. The fourth-order valence-electron chi connectivity index (χ4n) is 5.45. The zero-order valence-corrected chi connectivity index (χ0v) is 16.5. The van der Waals surface area contributed by atoms with Gasteiger partial charge in [0.2, 0.25) is 5.91 Å². The summed E-state index contributed by atoms with van der Waals surface area (Å²) in [4.78, 5) is 18.1. The summed E-state index contributed by atoms with van der Waals surface area (Å²) in [6.45, 7) is 4.07. The van der Waals surface area contributed by atoms with Crippen LogP contribution in [0.4, 0.5) is 0 Å². The summed E-state index contributed by atoms with van der Waals surface area (Å²) in [5.74, 6) is 1.95. The second-order valence-corrected chi connectivity index (χ2v) is 8.99. The third-order valence-corrected chi connectivity index (χ3v) is 6.87. The summed E-state index contributed by atoms with van der Waals surface area (Å²) in [5, 5.41) is 0. The van der Waals surface area contributed by atoms with Crippen LogP contribution in [0.3, 0.4) is 0 Å². The first-order chi connectivity index (χ1) is 13.8. The summed E-state index contributed by atoms with van der Waals surface area (Å²) in [7, 11) is 0. The van der Waals surface area contributed by atoms with Crippen LogP contribution in [0.1, 0.15) is 36.8 Å². The molecule has 3 fully saturated rings. The smallest absolute Gasteiger partial charge is 0.226 e. The molecule has 3 aliphatic rings. The Labute approximate surface area is 168 Å². The van der Waals surface area contributed by atoms with Crippen LogP contribution in [0, 0.1) is 17.8 Å². The van der Waals surface area contributed by atoms with Crippen molar-refractivity contribution >= 4 is 5.91 Å². The Morgan fingerprint density at radius 3 is 1.96 bits per heavy atom. The molecule has 3 heteroatoms. The van der Waals surface area contributed by atoms with Gasteiger partial charge in [0.1, 0.15) is 0 Å². The van der Waals surface area contributed by atoms with Gasteiger partial charge in [0.15, 0.2) is 0 Å². The number of carbonyl (C=O) groups excluding carboxylic acids is 1. The van der Waals surface area contributed by atoms with E-state index in [1.165, 1.54) is 24.0 Å². The van der Waals surface area contributed by atoms with E-state index in [-0.39, 0.29) is 0 Å². The molecule has 1 amide bonds. The number of rotatable bonds is 6. The number of likely N-dealkylation sites (tertiary alicyclic amines) is 1. The zero-order valence-electron chi connectivity index (χ0n) is 16.5. The van der Waals surface area contributed by atoms with Crippen LogP contribution < -0.4 is 0 Å². The molecule has 1 aliphatic heterocycles. The fraction of sp³-hybridized carbons (Fsp3) is 0.480. The SMILES string of the molecule is O=C(C1CC1)N(Cc1ccccc1)[C@H]1[C@@H]2CC[C@H]1CN(Cc1ccccc1)C2. The number of hydrogen-bond donors (Lipinski definition) is 0. The standard InChI is InChI=1S/C25H30N2O/c28-25(21-11-12-21)27(16-20-9-5-2-6-10-20)24-22-13-14-23(24)18-26(17-22)15-19-7-3-1-4-8-19/h1-10,21-24H,11-18H2/t22-,23+,24+. The van der Waals surface area contributed by atoms with Gasteiger partial charge in [0.05, 0.1) is 0 Å². The highest BCUT2D eigenvalue weighted by molar-refractivity contribution is 5.81. The molecule has 0 N–H and O–H groups in total. The van der Waals surface area contributed by atoms with Gasteiger partial charge in [0, 0.05) is 38.1 Å². The second kappa shape index (κ2) is 7.71. The molecule has 2 aromatic rings. The van der Waals surface area contributed by atoms with Crippen molar-refractivity contribution in [3.05, 3.63) is 71.8 Å².